The maximum Gasteiger partial charge on any atom is 0.0729 e. The lowest BCUT2D eigenvalue weighted by molar-refractivity contribution is 1.16. The van der Waals surface area contributed by atoms with Crippen LogP contribution in [0, 0.1) is 0 Å². The number of thioether (sulfide) groups is 1. The van der Waals surface area contributed by atoms with Gasteiger partial charge in [-0.2, -0.15) is 0 Å². The third-order valence-electron chi connectivity index (χ3n) is 1.86. The van der Waals surface area contributed by atoms with Crippen molar-refractivity contribution in [3.63, 3.8) is 0 Å². The minimum atomic E-state index is 1.05. The number of hydrogen-bond donors (Lipinski definition) is 0. The fraction of sp³-hybridized carbons (Fsp3) is 0.200. The highest BCUT2D eigenvalue weighted by molar-refractivity contribution is 7.99. The molecule has 1 nitrogen and oxygen atoms in total. The average molecular weight is 177 g/mol. The van der Waals surface area contributed by atoms with Crippen LogP contribution in [0.1, 0.15) is 6.92 Å². The zero-order valence-electron chi connectivity index (χ0n) is 7.03. The van der Waals surface area contributed by atoms with Crippen LogP contribution in [0.15, 0.2) is 41.4 Å². The van der Waals surface area contributed by atoms with E-state index in [2.05, 4.69) is 41.4 Å². The van der Waals surface area contributed by atoms with Gasteiger partial charge in [0, 0.05) is 11.1 Å². The van der Waals surface area contributed by atoms with Gasteiger partial charge in [0.25, 0.3) is 0 Å². The van der Waals surface area contributed by atoms with Gasteiger partial charge in [0.1, 0.15) is 0 Å². The molecule has 0 N–H and O–H groups in total. The van der Waals surface area contributed by atoms with Gasteiger partial charge >= 0.3 is 0 Å². The molecule has 1 aromatic carbocycles. The van der Waals surface area contributed by atoms with Crippen LogP contribution in [0.5, 0.6) is 0 Å². The van der Waals surface area contributed by atoms with Crippen LogP contribution < -0.4 is 4.90 Å². The molecule has 0 atom stereocenters. The first-order valence-electron chi connectivity index (χ1n) is 4.03. The molecule has 0 spiro atoms. The highest BCUT2D eigenvalue weighted by Gasteiger charge is 2.15. The molecule has 0 fully saturated rings. The van der Waals surface area contributed by atoms with E-state index in [1.807, 2.05) is 18.7 Å². The molecule has 2 heteroatoms. The van der Waals surface area contributed by atoms with Crippen molar-refractivity contribution in [2.24, 2.45) is 0 Å². The van der Waals surface area contributed by atoms with E-state index in [0.29, 0.717) is 0 Å². The van der Waals surface area contributed by atoms with Crippen LogP contribution >= 0.6 is 11.8 Å². The summed E-state index contributed by atoms with van der Waals surface area (Å²) in [6.07, 6.45) is 4.20. The van der Waals surface area contributed by atoms with Crippen molar-refractivity contribution >= 4 is 17.4 Å². The van der Waals surface area contributed by atoms with E-state index < -0.39 is 0 Å². The number of hydrogen-bond acceptors (Lipinski definition) is 2. The Morgan fingerprint density at radius 1 is 1.42 bits per heavy atom. The van der Waals surface area contributed by atoms with Gasteiger partial charge in [0.15, 0.2) is 0 Å². The molecular formula is C10H11NS. The number of fused-ring (bicyclic) bond motifs is 1. The van der Waals surface area contributed by atoms with Gasteiger partial charge in [-0.3, -0.25) is 0 Å². The van der Waals surface area contributed by atoms with Gasteiger partial charge in [-0.1, -0.05) is 18.2 Å². The molecule has 0 amide bonds. The zero-order chi connectivity index (χ0) is 8.39. The molecule has 1 aliphatic rings. The first kappa shape index (κ1) is 7.74. The van der Waals surface area contributed by atoms with Gasteiger partial charge in [-0.15, -0.1) is 11.8 Å². The van der Waals surface area contributed by atoms with Crippen molar-refractivity contribution in [1.82, 2.24) is 0 Å². The van der Waals surface area contributed by atoms with E-state index in [0.717, 1.165) is 5.88 Å². The van der Waals surface area contributed by atoms with Crippen LogP contribution in [0.4, 0.5) is 5.69 Å². The smallest absolute Gasteiger partial charge is 0.0729 e. The quantitative estimate of drug-likeness (QED) is 0.648. The minimum Gasteiger partial charge on any atom is -0.337 e. The topological polar surface area (TPSA) is 3.24 Å². The monoisotopic (exact) mass is 177 g/mol. The lowest BCUT2D eigenvalue weighted by atomic mass is 10.3. The van der Waals surface area contributed by atoms with Crippen LogP contribution in [0.25, 0.3) is 0 Å². The summed E-state index contributed by atoms with van der Waals surface area (Å²) < 4.78 is 0. The second-order valence-electron chi connectivity index (χ2n) is 2.69. The van der Waals surface area contributed by atoms with Crippen LogP contribution in [0.3, 0.4) is 0 Å². The number of benzene rings is 1. The molecular weight excluding hydrogens is 166 g/mol. The van der Waals surface area contributed by atoms with E-state index in [-0.39, 0.29) is 0 Å². The number of allylic oxidation sites excluding steroid dienone is 1. The van der Waals surface area contributed by atoms with Crippen molar-refractivity contribution < 1.29 is 0 Å². The van der Waals surface area contributed by atoms with E-state index in [1.165, 1.54) is 10.6 Å². The summed E-state index contributed by atoms with van der Waals surface area (Å²) in [7, 11) is 0. The number of nitrogens with zero attached hydrogens (tertiary/aromatic N) is 1. The summed E-state index contributed by atoms with van der Waals surface area (Å²) in [5.41, 5.74) is 1.33. The Bertz CT molecular complexity index is 306. The molecule has 1 aliphatic heterocycles. The van der Waals surface area contributed by atoms with E-state index in [1.54, 1.807) is 0 Å². The maximum atomic E-state index is 2.26. The van der Waals surface area contributed by atoms with Crippen molar-refractivity contribution in [2.45, 2.75) is 11.8 Å². The summed E-state index contributed by atoms with van der Waals surface area (Å²) in [5, 5.41) is 0. The Labute approximate surface area is 77.1 Å². The van der Waals surface area contributed by atoms with E-state index >= 15 is 0 Å². The fourth-order valence-electron chi connectivity index (χ4n) is 1.33. The Balaban J connectivity index is 2.36. The highest BCUT2D eigenvalue weighted by Crippen LogP contribution is 2.37. The standard InChI is InChI=1S/C10H11NS/c1-2-7-11-8-12-10-6-4-3-5-9(10)11/h2-7H,8H2,1H3. The summed E-state index contributed by atoms with van der Waals surface area (Å²) in [5.74, 6) is 1.05. The third kappa shape index (κ3) is 1.23. The van der Waals surface area contributed by atoms with Crippen LogP contribution in [-0.2, 0) is 0 Å². The number of para-hydroxylation sites is 1. The molecule has 0 aliphatic carbocycles. The molecule has 1 aromatic rings. The lowest BCUT2D eigenvalue weighted by Crippen LogP contribution is -2.09. The number of anilines is 1. The minimum absolute atomic E-state index is 1.05. The van der Waals surface area contributed by atoms with Crippen LogP contribution in [0.2, 0.25) is 0 Å². The van der Waals surface area contributed by atoms with Gasteiger partial charge < -0.3 is 4.90 Å². The van der Waals surface area contributed by atoms with Crippen molar-refractivity contribution in [2.75, 3.05) is 10.8 Å². The lowest BCUT2D eigenvalue weighted by Gasteiger charge is -2.11. The first-order valence-corrected chi connectivity index (χ1v) is 5.01. The number of rotatable bonds is 1. The normalized spacial score (nSPS) is 15.6. The molecule has 62 valence electrons. The summed E-state index contributed by atoms with van der Waals surface area (Å²) in [6, 6.07) is 8.50. The van der Waals surface area contributed by atoms with E-state index in [9.17, 15) is 0 Å². The largest absolute Gasteiger partial charge is 0.337 e. The Kier molecular flexibility index (Phi) is 2.09. The fourth-order valence-corrected chi connectivity index (χ4v) is 2.34. The van der Waals surface area contributed by atoms with Crippen molar-refractivity contribution in [1.29, 1.82) is 0 Å². The molecule has 1 heterocycles. The second-order valence-corrected chi connectivity index (χ2v) is 3.68. The second kappa shape index (κ2) is 3.23. The summed E-state index contributed by atoms with van der Waals surface area (Å²) >= 11 is 1.89. The zero-order valence-corrected chi connectivity index (χ0v) is 7.84. The summed E-state index contributed by atoms with van der Waals surface area (Å²) in [6.45, 7) is 2.05. The Morgan fingerprint density at radius 2 is 2.25 bits per heavy atom. The molecule has 12 heavy (non-hydrogen) atoms. The molecule has 0 bridgehead atoms. The van der Waals surface area contributed by atoms with Gasteiger partial charge in [-0.25, -0.2) is 0 Å². The predicted octanol–water partition coefficient (Wildman–Crippen LogP) is 3.09. The van der Waals surface area contributed by atoms with Gasteiger partial charge in [0.2, 0.25) is 0 Å². The first-order chi connectivity index (χ1) is 5.92. The Morgan fingerprint density at radius 3 is 3.08 bits per heavy atom. The molecule has 0 saturated heterocycles. The molecule has 0 saturated carbocycles. The maximum absolute atomic E-state index is 2.26. The van der Waals surface area contributed by atoms with Crippen molar-refractivity contribution in [3.05, 3.63) is 36.5 Å². The molecule has 2 rings (SSSR count). The Hall–Kier alpha value is -0.890. The molecule has 0 radical (unpaired) electrons. The SMILES string of the molecule is CC=CN1CSc2ccccc21. The predicted molar refractivity (Wildman–Crippen MR) is 54.5 cm³/mol. The van der Waals surface area contributed by atoms with Gasteiger partial charge in [-0.05, 0) is 19.1 Å². The third-order valence-corrected chi connectivity index (χ3v) is 2.93. The summed E-state index contributed by atoms with van der Waals surface area (Å²) in [4.78, 5) is 3.65. The molecule has 0 aromatic heterocycles. The van der Waals surface area contributed by atoms with Crippen molar-refractivity contribution in [3.8, 4) is 0 Å². The highest BCUT2D eigenvalue weighted by atomic mass is 32.2. The van der Waals surface area contributed by atoms with Crippen LogP contribution in [-0.4, -0.2) is 5.88 Å². The van der Waals surface area contributed by atoms with Gasteiger partial charge in [0.05, 0.1) is 11.6 Å². The average Bonchev–Trinajstić information content (AvgIpc) is 2.50. The van der Waals surface area contributed by atoms with E-state index in [4.69, 9.17) is 0 Å². The molecule has 0 unspecified atom stereocenters.